The minimum Gasteiger partial charge on any atom is -0.313 e. The Hall–Kier alpha value is -0.750. The number of nitrogens with one attached hydrogen (secondary N) is 2. The molecule has 2 N–H and O–H groups in total. The van der Waals surface area contributed by atoms with Crippen molar-refractivity contribution in [3.05, 3.63) is 10.5 Å². The van der Waals surface area contributed by atoms with Gasteiger partial charge in [-0.1, -0.05) is 32.5 Å². The first-order chi connectivity index (χ1) is 7.60. The molecule has 0 amide bonds. The lowest BCUT2D eigenvalue weighted by Gasteiger charge is -2.22. The van der Waals surface area contributed by atoms with Crippen molar-refractivity contribution in [1.82, 2.24) is 20.1 Å². The molecule has 0 fully saturated rings. The third-order valence-electron chi connectivity index (χ3n) is 2.60. The predicted octanol–water partition coefficient (Wildman–Crippen LogP) is 0.977. The summed E-state index contributed by atoms with van der Waals surface area (Å²) < 4.78 is 1.54. The molecule has 2 atom stereocenters. The van der Waals surface area contributed by atoms with Gasteiger partial charge in [0.1, 0.15) is 0 Å². The lowest BCUT2D eigenvalue weighted by molar-refractivity contribution is 0.508. The average Bonchev–Trinajstić information content (AvgIpc) is 2.57. The van der Waals surface area contributed by atoms with E-state index in [0.717, 1.165) is 18.1 Å². The molecular formula is C10H20N4OS. The van der Waals surface area contributed by atoms with E-state index < -0.39 is 0 Å². The molecule has 5 nitrogen and oxygen atoms in total. The van der Waals surface area contributed by atoms with E-state index in [9.17, 15) is 4.79 Å². The summed E-state index contributed by atoms with van der Waals surface area (Å²) in [5.41, 5.74) is -0.161. The van der Waals surface area contributed by atoms with E-state index >= 15 is 0 Å². The van der Waals surface area contributed by atoms with Crippen molar-refractivity contribution in [3.63, 3.8) is 0 Å². The fraction of sp³-hybridized carbons (Fsp3) is 0.800. The summed E-state index contributed by atoms with van der Waals surface area (Å²) >= 11 is 1.62. The molecule has 0 bridgehead atoms. The van der Waals surface area contributed by atoms with Gasteiger partial charge in [-0.25, -0.2) is 9.89 Å². The topological polar surface area (TPSA) is 62.7 Å². The van der Waals surface area contributed by atoms with Crippen molar-refractivity contribution >= 4 is 11.8 Å². The molecule has 0 aliphatic heterocycles. The van der Waals surface area contributed by atoms with Crippen LogP contribution in [0.5, 0.6) is 0 Å². The smallest absolute Gasteiger partial charge is 0.313 e. The van der Waals surface area contributed by atoms with Gasteiger partial charge in [0.05, 0.1) is 0 Å². The van der Waals surface area contributed by atoms with Crippen LogP contribution in [0.2, 0.25) is 0 Å². The number of nitrogens with zero attached hydrogens (tertiary/aromatic N) is 2. The minimum atomic E-state index is -0.161. The van der Waals surface area contributed by atoms with Crippen molar-refractivity contribution in [3.8, 4) is 0 Å². The van der Waals surface area contributed by atoms with Crippen LogP contribution in [0.15, 0.2) is 9.95 Å². The van der Waals surface area contributed by atoms with Crippen LogP contribution in [-0.4, -0.2) is 32.6 Å². The Labute approximate surface area is 100 Å². The summed E-state index contributed by atoms with van der Waals surface area (Å²) in [7, 11) is 1.73. The molecule has 0 spiro atoms. The molecule has 92 valence electrons. The molecule has 0 aromatic carbocycles. The lowest BCUT2D eigenvalue weighted by Crippen LogP contribution is -2.36. The van der Waals surface area contributed by atoms with E-state index in [1.807, 2.05) is 0 Å². The SMILES string of the molecule is CCNC(CC)C(C)Sc1n[nH]c(=O)n1C. The highest BCUT2D eigenvalue weighted by Gasteiger charge is 2.18. The molecule has 1 aromatic rings. The highest BCUT2D eigenvalue weighted by Crippen LogP contribution is 2.22. The van der Waals surface area contributed by atoms with Crippen LogP contribution in [0.3, 0.4) is 0 Å². The maximum Gasteiger partial charge on any atom is 0.343 e. The van der Waals surface area contributed by atoms with Crippen molar-refractivity contribution < 1.29 is 0 Å². The first-order valence-corrected chi connectivity index (χ1v) is 6.49. The molecule has 16 heavy (non-hydrogen) atoms. The summed E-state index contributed by atoms with van der Waals surface area (Å²) in [6, 6.07) is 0.446. The predicted molar refractivity (Wildman–Crippen MR) is 66.9 cm³/mol. The standard InChI is InChI=1S/C10H20N4OS/c1-5-8(11-6-2)7(3)16-10-13-12-9(15)14(10)4/h7-8,11H,5-6H2,1-4H3,(H,12,15). The summed E-state index contributed by atoms with van der Waals surface area (Å²) in [4.78, 5) is 11.2. The first kappa shape index (κ1) is 13.3. The van der Waals surface area contributed by atoms with Gasteiger partial charge < -0.3 is 5.32 Å². The molecule has 6 heteroatoms. The van der Waals surface area contributed by atoms with Crippen LogP contribution in [0, 0.1) is 0 Å². The van der Waals surface area contributed by atoms with Crippen LogP contribution in [0.4, 0.5) is 0 Å². The summed E-state index contributed by atoms with van der Waals surface area (Å²) in [6.07, 6.45) is 1.07. The number of thioether (sulfide) groups is 1. The first-order valence-electron chi connectivity index (χ1n) is 5.61. The minimum absolute atomic E-state index is 0.161. The van der Waals surface area contributed by atoms with Gasteiger partial charge >= 0.3 is 5.69 Å². The summed E-state index contributed by atoms with van der Waals surface area (Å²) in [6.45, 7) is 7.38. The van der Waals surface area contributed by atoms with Crippen molar-refractivity contribution in [2.24, 2.45) is 7.05 Å². The molecule has 1 heterocycles. The van der Waals surface area contributed by atoms with Gasteiger partial charge in [-0.3, -0.25) is 4.57 Å². The normalized spacial score (nSPS) is 15.0. The van der Waals surface area contributed by atoms with E-state index in [2.05, 4.69) is 36.3 Å². The molecule has 1 aromatic heterocycles. The molecule has 0 saturated heterocycles. The lowest BCUT2D eigenvalue weighted by atomic mass is 10.2. The zero-order valence-electron chi connectivity index (χ0n) is 10.3. The molecule has 0 aliphatic rings. The van der Waals surface area contributed by atoms with Crippen molar-refractivity contribution in [1.29, 1.82) is 0 Å². The van der Waals surface area contributed by atoms with E-state index in [4.69, 9.17) is 0 Å². The van der Waals surface area contributed by atoms with Crippen LogP contribution in [-0.2, 0) is 7.05 Å². The Morgan fingerprint density at radius 1 is 1.56 bits per heavy atom. The van der Waals surface area contributed by atoms with E-state index in [1.54, 1.807) is 23.4 Å². The second kappa shape index (κ2) is 6.10. The number of aromatic nitrogens is 3. The highest BCUT2D eigenvalue weighted by atomic mass is 32.2. The average molecular weight is 244 g/mol. The Morgan fingerprint density at radius 3 is 2.69 bits per heavy atom. The number of rotatable bonds is 6. The van der Waals surface area contributed by atoms with Gasteiger partial charge in [0, 0.05) is 18.3 Å². The van der Waals surface area contributed by atoms with Gasteiger partial charge in [-0.05, 0) is 13.0 Å². The Balaban J connectivity index is 2.66. The van der Waals surface area contributed by atoms with Gasteiger partial charge in [-0.2, -0.15) is 0 Å². The van der Waals surface area contributed by atoms with Gasteiger partial charge in [0.2, 0.25) is 0 Å². The number of H-pyrrole nitrogens is 1. The van der Waals surface area contributed by atoms with E-state index in [-0.39, 0.29) is 5.69 Å². The summed E-state index contributed by atoms with van der Waals surface area (Å²) in [5.74, 6) is 0. The molecule has 0 radical (unpaired) electrons. The third kappa shape index (κ3) is 3.12. The zero-order valence-corrected chi connectivity index (χ0v) is 11.1. The Morgan fingerprint density at radius 2 is 2.25 bits per heavy atom. The third-order valence-corrected chi connectivity index (χ3v) is 3.88. The zero-order chi connectivity index (χ0) is 12.1. The fourth-order valence-electron chi connectivity index (χ4n) is 1.59. The maximum atomic E-state index is 11.2. The van der Waals surface area contributed by atoms with Crippen molar-refractivity contribution in [2.75, 3.05) is 6.54 Å². The van der Waals surface area contributed by atoms with E-state index in [0.29, 0.717) is 11.3 Å². The number of hydrogen-bond donors (Lipinski definition) is 2. The Bertz CT molecular complexity index is 373. The maximum absolute atomic E-state index is 11.2. The molecule has 0 saturated carbocycles. The molecule has 2 unspecified atom stereocenters. The van der Waals surface area contributed by atoms with Crippen LogP contribution >= 0.6 is 11.8 Å². The van der Waals surface area contributed by atoms with E-state index in [1.165, 1.54) is 0 Å². The quantitative estimate of drug-likeness (QED) is 0.732. The fourth-order valence-corrected chi connectivity index (χ4v) is 2.72. The monoisotopic (exact) mass is 244 g/mol. The highest BCUT2D eigenvalue weighted by molar-refractivity contribution is 7.99. The summed E-state index contributed by atoms with van der Waals surface area (Å²) in [5, 5.41) is 11.0. The molecule has 0 aliphatic carbocycles. The largest absolute Gasteiger partial charge is 0.343 e. The van der Waals surface area contributed by atoms with Crippen LogP contribution in [0.25, 0.3) is 0 Å². The Kier molecular flexibility index (Phi) is 5.08. The number of aromatic amines is 1. The number of hydrogen-bond acceptors (Lipinski definition) is 4. The van der Waals surface area contributed by atoms with Gasteiger partial charge in [0.25, 0.3) is 0 Å². The second-order valence-corrected chi connectivity index (χ2v) is 5.11. The second-order valence-electron chi connectivity index (χ2n) is 3.77. The van der Waals surface area contributed by atoms with Crippen LogP contribution in [0.1, 0.15) is 27.2 Å². The van der Waals surface area contributed by atoms with Gasteiger partial charge in [-0.15, -0.1) is 5.10 Å². The van der Waals surface area contributed by atoms with Crippen molar-refractivity contribution in [2.45, 2.75) is 43.6 Å². The van der Waals surface area contributed by atoms with Crippen LogP contribution < -0.4 is 11.0 Å². The molecular weight excluding hydrogens is 224 g/mol. The molecule has 1 rings (SSSR count). The van der Waals surface area contributed by atoms with Gasteiger partial charge in [0.15, 0.2) is 5.16 Å².